The minimum Gasteiger partial charge on any atom is -0.507 e. The topological polar surface area (TPSA) is 79.7 Å². The number of Topliss-reactive ketones (excluding diaryl/α,β-unsaturated/α-hetero) is 1. The van der Waals surface area contributed by atoms with Crippen molar-refractivity contribution in [3.8, 4) is 5.75 Å². The third-order valence-electron chi connectivity index (χ3n) is 5.15. The maximum absolute atomic E-state index is 13.1. The molecule has 2 heterocycles. The smallest absolute Gasteiger partial charge is 0.300 e. The molecule has 1 saturated heterocycles. The Morgan fingerprint density at radius 1 is 1.09 bits per heavy atom. The van der Waals surface area contributed by atoms with E-state index in [1.54, 1.807) is 73.1 Å². The monoisotopic (exact) mass is 448 g/mol. The molecule has 1 unspecified atom stereocenters. The van der Waals surface area contributed by atoms with Gasteiger partial charge >= 0.3 is 0 Å². The van der Waals surface area contributed by atoms with E-state index in [9.17, 15) is 14.7 Å². The molecule has 3 aromatic rings. The van der Waals surface area contributed by atoms with Crippen molar-refractivity contribution >= 4 is 34.7 Å². The Kier molecular flexibility index (Phi) is 6.23. The Morgan fingerprint density at radius 3 is 2.44 bits per heavy atom. The van der Waals surface area contributed by atoms with Crippen LogP contribution in [0.25, 0.3) is 5.76 Å². The van der Waals surface area contributed by atoms with Crippen LogP contribution in [0.15, 0.2) is 78.6 Å². The summed E-state index contributed by atoms with van der Waals surface area (Å²) in [6, 6.07) is 16.0. The van der Waals surface area contributed by atoms with Gasteiger partial charge in [-0.05, 0) is 66.6 Å². The molecule has 7 heteroatoms. The molecule has 32 heavy (non-hydrogen) atoms. The number of carbonyl (C=O) groups is 2. The van der Waals surface area contributed by atoms with Gasteiger partial charge in [-0.2, -0.15) is 0 Å². The predicted octanol–water partition coefficient (Wildman–Crippen LogP) is 5.15. The molecule has 2 aromatic carbocycles. The summed E-state index contributed by atoms with van der Waals surface area (Å²) in [7, 11) is 0. The molecule has 1 N–H and O–H groups in total. The fourth-order valence-corrected chi connectivity index (χ4v) is 3.76. The van der Waals surface area contributed by atoms with Crippen LogP contribution in [0.2, 0.25) is 5.02 Å². The number of hydrogen-bond acceptors (Lipinski definition) is 5. The van der Waals surface area contributed by atoms with Crippen LogP contribution in [0.1, 0.15) is 30.5 Å². The second-order valence-corrected chi connectivity index (χ2v) is 7.74. The SMILES string of the molecule is CCCOc1ccc(/C(O)=C2/C(=O)C(=O)N(c3ccc(Cl)cc3)C2c2cccnc2)cc1. The van der Waals surface area contributed by atoms with Crippen molar-refractivity contribution in [1.82, 2.24) is 4.98 Å². The first-order valence-corrected chi connectivity index (χ1v) is 10.6. The first kappa shape index (κ1) is 21.6. The van der Waals surface area contributed by atoms with Crippen LogP contribution in [0.4, 0.5) is 5.69 Å². The highest BCUT2D eigenvalue weighted by Crippen LogP contribution is 2.42. The van der Waals surface area contributed by atoms with E-state index in [2.05, 4.69) is 4.98 Å². The number of ether oxygens (including phenoxy) is 1. The van der Waals surface area contributed by atoms with Crippen LogP contribution < -0.4 is 9.64 Å². The summed E-state index contributed by atoms with van der Waals surface area (Å²) in [4.78, 5) is 31.6. The van der Waals surface area contributed by atoms with E-state index < -0.39 is 17.7 Å². The predicted molar refractivity (Wildman–Crippen MR) is 123 cm³/mol. The number of carbonyl (C=O) groups excluding carboxylic acids is 2. The number of hydrogen-bond donors (Lipinski definition) is 1. The minimum atomic E-state index is -0.833. The molecule has 0 aliphatic carbocycles. The molecule has 1 atom stereocenters. The quantitative estimate of drug-likeness (QED) is 0.320. The van der Waals surface area contributed by atoms with Crippen LogP contribution in [-0.4, -0.2) is 28.4 Å². The van der Waals surface area contributed by atoms with Crippen LogP contribution in [0.5, 0.6) is 5.75 Å². The van der Waals surface area contributed by atoms with Gasteiger partial charge < -0.3 is 9.84 Å². The summed E-state index contributed by atoms with van der Waals surface area (Å²) >= 11 is 6.00. The van der Waals surface area contributed by atoms with Gasteiger partial charge in [-0.25, -0.2) is 0 Å². The first-order chi connectivity index (χ1) is 15.5. The largest absolute Gasteiger partial charge is 0.507 e. The molecule has 1 aliphatic heterocycles. The van der Waals surface area contributed by atoms with Crippen molar-refractivity contribution < 1.29 is 19.4 Å². The highest BCUT2D eigenvalue weighted by Gasteiger charge is 2.47. The van der Waals surface area contributed by atoms with Gasteiger partial charge in [0.25, 0.3) is 11.7 Å². The summed E-state index contributed by atoms with van der Waals surface area (Å²) in [6.07, 6.45) is 4.06. The number of aliphatic hydroxyl groups excluding tert-OH is 1. The van der Waals surface area contributed by atoms with E-state index >= 15 is 0 Å². The first-order valence-electron chi connectivity index (χ1n) is 10.2. The Hall–Kier alpha value is -3.64. The zero-order valence-electron chi connectivity index (χ0n) is 17.4. The Balaban J connectivity index is 1.82. The average Bonchev–Trinajstić information content (AvgIpc) is 3.09. The van der Waals surface area contributed by atoms with Crippen LogP contribution in [0.3, 0.4) is 0 Å². The van der Waals surface area contributed by atoms with Gasteiger partial charge in [-0.15, -0.1) is 0 Å². The van der Waals surface area contributed by atoms with Crippen LogP contribution in [-0.2, 0) is 9.59 Å². The number of aliphatic hydroxyl groups is 1. The molecule has 4 rings (SSSR count). The van der Waals surface area contributed by atoms with Gasteiger partial charge in [0.15, 0.2) is 0 Å². The van der Waals surface area contributed by atoms with Crippen molar-refractivity contribution in [2.75, 3.05) is 11.5 Å². The lowest BCUT2D eigenvalue weighted by Gasteiger charge is -2.25. The van der Waals surface area contributed by atoms with E-state index in [-0.39, 0.29) is 11.3 Å². The van der Waals surface area contributed by atoms with Gasteiger partial charge in [-0.3, -0.25) is 19.5 Å². The fraction of sp³-hybridized carbons (Fsp3) is 0.160. The van der Waals surface area contributed by atoms with Crippen LogP contribution >= 0.6 is 11.6 Å². The van der Waals surface area contributed by atoms with E-state index in [0.717, 1.165) is 6.42 Å². The minimum absolute atomic E-state index is 0.000163. The molecule has 1 aromatic heterocycles. The van der Waals surface area contributed by atoms with Crippen molar-refractivity contribution in [3.05, 3.63) is 94.8 Å². The second-order valence-electron chi connectivity index (χ2n) is 7.30. The number of aromatic nitrogens is 1. The van der Waals surface area contributed by atoms with Crippen molar-refractivity contribution in [3.63, 3.8) is 0 Å². The average molecular weight is 449 g/mol. The number of halogens is 1. The van der Waals surface area contributed by atoms with Gasteiger partial charge in [0.2, 0.25) is 0 Å². The molecule has 1 aliphatic rings. The van der Waals surface area contributed by atoms with Crippen molar-refractivity contribution in [2.24, 2.45) is 0 Å². The maximum Gasteiger partial charge on any atom is 0.300 e. The van der Waals surface area contributed by atoms with E-state index in [1.807, 2.05) is 6.92 Å². The molecular formula is C25H21ClN2O4. The molecule has 1 fully saturated rings. The van der Waals surface area contributed by atoms with Crippen molar-refractivity contribution in [2.45, 2.75) is 19.4 Å². The molecule has 162 valence electrons. The summed E-state index contributed by atoms with van der Waals surface area (Å²) < 4.78 is 5.58. The summed E-state index contributed by atoms with van der Waals surface area (Å²) in [5.74, 6) is -1.09. The van der Waals surface area contributed by atoms with Crippen molar-refractivity contribution in [1.29, 1.82) is 0 Å². The number of benzene rings is 2. The summed E-state index contributed by atoms with van der Waals surface area (Å²) in [5, 5.41) is 11.6. The Labute approximate surface area is 190 Å². The highest BCUT2D eigenvalue weighted by atomic mass is 35.5. The number of ketones is 1. The van der Waals surface area contributed by atoms with Gasteiger partial charge in [0.1, 0.15) is 11.5 Å². The standard InChI is InChI=1S/C25H21ClN2O4/c1-2-14-32-20-11-5-16(6-12-20)23(29)21-22(17-4-3-13-27-15-17)28(25(31)24(21)30)19-9-7-18(26)8-10-19/h3-13,15,22,29H,2,14H2,1H3/b23-21-. The molecule has 0 saturated carbocycles. The highest BCUT2D eigenvalue weighted by molar-refractivity contribution is 6.51. The molecule has 1 amide bonds. The van der Waals surface area contributed by atoms with Gasteiger partial charge in [0.05, 0.1) is 18.2 Å². The summed E-state index contributed by atoms with van der Waals surface area (Å²) in [5.41, 5.74) is 1.51. The zero-order chi connectivity index (χ0) is 22.7. The normalized spacial score (nSPS) is 17.6. The number of amides is 1. The van der Waals surface area contributed by atoms with E-state index in [1.165, 1.54) is 4.90 Å². The van der Waals surface area contributed by atoms with Gasteiger partial charge in [-0.1, -0.05) is 24.6 Å². The lowest BCUT2D eigenvalue weighted by Crippen LogP contribution is -2.29. The molecule has 0 spiro atoms. The molecule has 6 nitrogen and oxygen atoms in total. The Bertz CT molecular complexity index is 1160. The third-order valence-corrected chi connectivity index (χ3v) is 5.40. The lowest BCUT2D eigenvalue weighted by atomic mass is 9.96. The number of nitrogens with zero attached hydrogens (tertiary/aromatic N) is 2. The summed E-state index contributed by atoms with van der Waals surface area (Å²) in [6.45, 7) is 2.59. The number of anilines is 1. The zero-order valence-corrected chi connectivity index (χ0v) is 18.1. The van der Waals surface area contributed by atoms with E-state index in [4.69, 9.17) is 16.3 Å². The third kappa shape index (κ3) is 4.09. The lowest BCUT2D eigenvalue weighted by molar-refractivity contribution is -0.132. The maximum atomic E-state index is 13.1. The molecule has 0 bridgehead atoms. The molecular weight excluding hydrogens is 428 g/mol. The molecule has 0 radical (unpaired) electrons. The Morgan fingerprint density at radius 2 is 1.81 bits per heavy atom. The van der Waals surface area contributed by atoms with Gasteiger partial charge in [0, 0.05) is 28.7 Å². The fourth-order valence-electron chi connectivity index (χ4n) is 3.64. The second kappa shape index (κ2) is 9.24. The van der Waals surface area contributed by atoms with E-state index in [0.29, 0.717) is 34.2 Å². The number of pyridine rings is 1. The number of rotatable bonds is 6. The van der Waals surface area contributed by atoms with Crippen LogP contribution in [0, 0.1) is 0 Å².